The fraction of sp³-hybridized carbons (Fsp3) is 0.611. The average molecular weight is 290 g/mol. The van der Waals surface area contributed by atoms with Crippen LogP contribution in [-0.2, 0) is 6.54 Å². The van der Waals surface area contributed by atoms with Gasteiger partial charge in [-0.3, -0.25) is 4.79 Å². The number of nitrogens with one attached hydrogen (secondary N) is 1. The van der Waals surface area contributed by atoms with Crippen molar-refractivity contribution in [3.8, 4) is 0 Å². The summed E-state index contributed by atoms with van der Waals surface area (Å²) in [5, 5.41) is 2.98. The van der Waals surface area contributed by atoms with Crippen LogP contribution in [0.3, 0.4) is 0 Å². The highest BCUT2D eigenvalue weighted by Gasteiger charge is 2.04. The van der Waals surface area contributed by atoms with Crippen molar-refractivity contribution < 1.29 is 4.79 Å². The molecule has 0 saturated heterocycles. The van der Waals surface area contributed by atoms with E-state index in [4.69, 9.17) is 5.73 Å². The molecule has 1 aromatic rings. The Labute approximate surface area is 129 Å². The molecule has 0 unspecified atom stereocenters. The summed E-state index contributed by atoms with van der Waals surface area (Å²) in [5.41, 5.74) is 7.29. The topological polar surface area (TPSA) is 55.1 Å². The molecule has 0 bridgehead atoms. The first kappa shape index (κ1) is 17.7. The predicted octanol–water partition coefficient (Wildman–Crippen LogP) is 4.02. The van der Waals surface area contributed by atoms with Crippen LogP contribution < -0.4 is 11.1 Å². The minimum Gasteiger partial charge on any atom is -0.352 e. The summed E-state index contributed by atoms with van der Waals surface area (Å²) in [4.78, 5) is 12.0. The lowest BCUT2D eigenvalue weighted by Crippen LogP contribution is -2.24. The molecule has 3 nitrogen and oxygen atoms in total. The summed E-state index contributed by atoms with van der Waals surface area (Å²) in [6, 6.07) is 7.52. The molecule has 0 radical (unpaired) electrons. The van der Waals surface area contributed by atoms with Crippen molar-refractivity contribution in [2.75, 3.05) is 6.54 Å². The lowest BCUT2D eigenvalue weighted by atomic mass is 10.1. The average Bonchev–Trinajstić information content (AvgIpc) is 2.53. The summed E-state index contributed by atoms with van der Waals surface area (Å²) in [7, 11) is 0. The van der Waals surface area contributed by atoms with Crippen LogP contribution in [-0.4, -0.2) is 12.5 Å². The third-order valence-electron chi connectivity index (χ3n) is 3.74. The first-order chi connectivity index (χ1) is 10.3. The van der Waals surface area contributed by atoms with Crippen LogP contribution in [0.5, 0.6) is 0 Å². The smallest absolute Gasteiger partial charge is 0.251 e. The van der Waals surface area contributed by atoms with E-state index in [1.807, 2.05) is 24.3 Å². The van der Waals surface area contributed by atoms with E-state index in [2.05, 4.69) is 12.2 Å². The zero-order chi connectivity index (χ0) is 15.3. The van der Waals surface area contributed by atoms with E-state index >= 15 is 0 Å². The van der Waals surface area contributed by atoms with E-state index in [1.54, 1.807) is 0 Å². The minimum absolute atomic E-state index is 0.00763. The molecule has 1 amide bonds. The van der Waals surface area contributed by atoms with Crippen molar-refractivity contribution in [3.05, 3.63) is 35.4 Å². The zero-order valence-electron chi connectivity index (χ0n) is 13.4. The maximum Gasteiger partial charge on any atom is 0.251 e. The summed E-state index contributed by atoms with van der Waals surface area (Å²) in [6.07, 6.45) is 10.3. The van der Waals surface area contributed by atoms with Gasteiger partial charge in [0, 0.05) is 18.7 Å². The Morgan fingerprint density at radius 3 is 2.38 bits per heavy atom. The van der Waals surface area contributed by atoms with Crippen LogP contribution in [0.2, 0.25) is 0 Å². The Bertz CT molecular complexity index is 404. The highest BCUT2D eigenvalue weighted by atomic mass is 16.1. The molecular weight excluding hydrogens is 260 g/mol. The van der Waals surface area contributed by atoms with Gasteiger partial charge in [-0.05, 0) is 24.1 Å². The fourth-order valence-electron chi connectivity index (χ4n) is 2.40. The third-order valence-corrected chi connectivity index (χ3v) is 3.74. The highest BCUT2D eigenvalue weighted by Crippen LogP contribution is 2.08. The number of hydrogen-bond acceptors (Lipinski definition) is 2. The molecule has 0 aliphatic rings. The molecule has 0 aliphatic carbocycles. The Morgan fingerprint density at radius 2 is 1.71 bits per heavy atom. The first-order valence-electron chi connectivity index (χ1n) is 8.35. The Hall–Kier alpha value is -1.35. The van der Waals surface area contributed by atoms with Gasteiger partial charge in [-0.1, -0.05) is 64.0 Å². The molecule has 3 N–H and O–H groups in total. The number of unbranched alkanes of at least 4 members (excludes halogenated alkanes) is 7. The molecule has 3 heteroatoms. The van der Waals surface area contributed by atoms with Gasteiger partial charge in [-0.25, -0.2) is 0 Å². The van der Waals surface area contributed by atoms with Gasteiger partial charge in [-0.15, -0.1) is 0 Å². The molecule has 0 spiro atoms. The van der Waals surface area contributed by atoms with Crippen LogP contribution in [0.1, 0.15) is 74.2 Å². The number of hydrogen-bond donors (Lipinski definition) is 2. The Morgan fingerprint density at radius 1 is 1.05 bits per heavy atom. The van der Waals surface area contributed by atoms with E-state index in [0.29, 0.717) is 12.1 Å². The monoisotopic (exact) mass is 290 g/mol. The molecule has 21 heavy (non-hydrogen) atoms. The van der Waals surface area contributed by atoms with E-state index < -0.39 is 0 Å². The quantitative estimate of drug-likeness (QED) is 0.605. The van der Waals surface area contributed by atoms with Crippen molar-refractivity contribution in [2.45, 2.75) is 64.8 Å². The fourth-order valence-corrected chi connectivity index (χ4v) is 2.40. The van der Waals surface area contributed by atoms with Gasteiger partial charge in [0.05, 0.1) is 0 Å². The number of benzene rings is 1. The van der Waals surface area contributed by atoms with E-state index in [1.165, 1.54) is 44.9 Å². The number of carbonyl (C=O) groups is 1. The largest absolute Gasteiger partial charge is 0.352 e. The Kier molecular flexibility index (Phi) is 9.55. The van der Waals surface area contributed by atoms with Gasteiger partial charge in [0.1, 0.15) is 0 Å². The van der Waals surface area contributed by atoms with Crippen molar-refractivity contribution in [3.63, 3.8) is 0 Å². The highest BCUT2D eigenvalue weighted by molar-refractivity contribution is 5.94. The van der Waals surface area contributed by atoms with Gasteiger partial charge >= 0.3 is 0 Å². The standard InChI is InChI=1S/C18H30N2O/c1-2-3-4-5-6-7-8-9-13-20-18(21)17-12-10-11-16(14-17)15-19/h10-12,14H,2-9,13,15,19H2,1H3,(H,20,21). The molecule has 0 fully saturated rings. The Balaban J connectivity index is 2.08. The molecule has 0 aliphatic heterocycles. The minimum atomic E-state index is 0.00763. The van der Waals surface area contributed by atoms with Gasteiger partial charge in [0.2, 0.25) is 0 Å². The molecule has 0 aromatic heterocycles. The van der Waals surface area contributed by atoms with Crippen molar-refractivity contribution in [2.24, 2.45) is 5.73 Å². The van der Waals surface area contributed by atoms with E-state index in [-0.39, 0.29) is 5.91 Å². The molecule has 1 aromatic carbocycles. The predicted molar refractivity (Wildman–Crippen MR) is 89.3 cm³/mol. The second kappa shape index (κ2) is 11.3. The van der Waals surface area contributed by atoms with Crippen LogP contribution >= 0.6 is 0 Å². The maximum absolute atomic E-state index is 12.0. The summed E-state index contributed by atoms with van der Waals surface area (Å²) >= 11 is 0. The van der Waals surface area contributed by atoms with Crippen LogP contribution in [0.15, 0.2) is 24.3 Å². The lowest BCUT2D eigenvalue weighted by Gasteiger charge is -2.06. The molecule has 0 saturated carbocycles. The molecule has 0 atom stereocenters. The van der Waals surface area contributed by atoms with Crippen LogP contribution in [0, 0.1) is 0 Å². The van der Waals surface area contributed by atoms with E-state index in [0.717, 1.165) is 18.5 Å². The van der Waals surface area contributed by atoms with Crippen molar-refractivity contribution in [1.29, 1.82) is 0 Å². The number of rotatable bonds is 11. The van der Waals surface area contributed by atoms with E-state index in [9.17, 15) is 4.79 Å². The summed E-state index contributed by atoms with van der Waals surface area (Å²) in [6.45, 7) is 3.48. The number of amides is 1. The SMILES string of the molecule is CCCCCCCCCCNC(=O)c1cccc(CN)c1. The van der Waals surface area contributed by atoms with Crippen molar-refractivity contribution >= 4 is 5.91 Å². The van der Waals surface area contributed by atoms with Crippen molar-refractivity contribution in [1.82, 2.24) is 5.32 Å². The van der Waals surface area contributed by atoms with Crippen LogP contribution in [0.25, 0.3) is 0 Å². The molecular formula is C18H30N2O. The van der Waals surface area contributed by atoms with Crippen LogP contribution in [0.4, 0.5) is 0 Å². The first-order valence-corrected chi connectivity index (χ1v) is 8.35. The summed E-state index contributed by atoms with van der Waals surface area (Å²) in [5.74, 6) is 0.00763. The van der Waals surface area contributed by atoms with Gasteiger partial charge in [-0.2, -0.15) is 0 Å². The maximum atomic E-state index is 12.0. The number of carbonyl (C=O) groups excluding carboxylic acids is 1. The van der Waals surface area contributed by atoms with Gasteiger partial charge in [0.25, 0.3) is 5.91 Å². The third kappa shape index (κ3) is 7.86. The molecule has 118 valence electrons. The lowest BCUT2D eigenvalue weighted by molar-refractivity contribution is 0.0953. The molecule has 0 heterocycles. The summed E-state index contributed by atoms with van der Waals surface area (Å²) < 4.78 is 0. The molecule has 1 rings (SSSR count). The zero-order valence-corrected chi connectivity index (χ0v) is 13.4. The number of nitrogens with two attached hydrogens (primary N) is 1. The normalized spacial score (nSPS) is 10.6. The van der Waals surface area contributed by atoms with Gasteiger partial charge < -0.3 is 11.1 Å². The second-order valence-electron chi connectivity index (χ2n) is 5.64. The van der Waals surface area contributed by atoms with Gasteiger partial charge in [0.15, 0.2) is 0 Å². The second-order valence-corrected chi connectivity index (χ2v) is 5.64.